The van der Waals surface area contributed by atoms with Crippen molar-refractivity contribution in [1.29, 1.82) is 5.26 Å². The van der Waals surface area contributed by atoms with E-state index in [4.69, 9.17) is 16.5 Å². The Balaban J connectivity index is 0.967. The maximum atomic E-state index is 10.2. The van der Waals surface area contributed by atoms with Gasteiger partial charge < -0.3 is 13.7 Å². The van der Waals surface area contributed by atoms with Gasteiger partial charge in [0.25, 0.3) is 0 Å². The van der Waals surface area contributed by atoms with Crippen LogP contribution in [0, 0.1) is 17.9 Å². The van der Waals surface area contributed by atoms with Crippen molar-refractivity contribution in [2.45, 2.75) is 15.2 Å². The molecule has 0 bridgehead atoms. The summed E-state index contributed by atoms with van der Waals surface area (Å²) >= 11 is 1.80. The summed E-state index contributed by atoms with van der Waals surface area (Å²) in [6.07, 6.45) is 3.85. The van der Waals surface area contributed by atoms with Crippen molar-refractivity contribution in [3.8, 4) is 34.5 Å². The zero-order valence-electron chi connectivity index (χ0n) is 36.6. The quantitative estimate of drug-likeness (QED) is 0.166. The molecule has 6 heterocycles. The third-order valence-corrected chi connectivity index (χ3v) is 15.7. The zero-order chi connectivity index (χ0) is 45.5. The summed E-state index contributed by atoms with van der Waals surface area (Å²) in [6, 6.07) is 69.1. The summed E-state index contributed by atoms with van der Waals surface area (Å²) in [4.78, 5) is 16.5. The van der Waals surface area contributed by atoms with Crippen molar-refractivity contribution in [2.24, 2.45) is 0 Å². The first-order chi connectivity index (χ1) is 34.1. The van der Waals surface area contributed by atoms with E-state index in [2.05, 4.69) is 188 Å². The molecule has 318 valence electrons. The maximum absolute atomic E-state index is 10.2. The number of nitrogens with zero attached hydrogens (tertiary/aromatic N) is 7. The van der Waals surface area contributed by atoms with Gasteiger partial charge in [-0.3, -0.25) is 9.97 Å². The Kier molecular flexibility index (Phi) is 7.65. The van der Waals surface area contributed by atoms with Gasteiger partial charge in [-0.25, -0.2) is 4.85 Å². The molecule has 69 heavy (non-hydrogen) atoms. The molecule has 1 spiro atoms. The molecule has 0 saturated heterocycles. The number of benzene rings is 8. The molecule has 1 unspecified atom stereocenters. The van der Waals surface area contributed by atoms with Gasteiger partial charge in [-0.2, -0.15) is 5.26 Å². The number of fused-ring (bicyclic) bond motifs is 18. The van der Waals surface area contributed by atoms with E-state index < -0.39 is 5.41 Å². The van der Waals surface area contributed by atoms with Crippen molar-refractivity contribution >= 4 is 82.9 Å². The Hall–Kier alpha value is -9.21. The van der Waals surface area contributed by atoms with Gasteiger partial charge in [0, 0.05) is 59.9 Å². The first-order valence-corrected chi connectivity index (χ1v) is 23.7. The summed E-state index contributed by atoms with van der Waals surface area (Å²) < 4.78 is 7.00. The molecular weight excluding hydrogens is 863 g/mol. The molecule has 2 aliphatic rings. The Morgan fingerprint density at radius 3 is 1.74 bits per heavy atom. The van der Waals surface area contributed by atoms with Crippen LogP contribution in [-0.2, 0) is 5.41 Å². The summed E-state index contributed by atoms with van der Waals surface area (Å²) in [5, 5.41) is 16.8. The van der Waals surface area contributed by atoms with Crippen LogP contribution in [0.1, 0.15) is 27.8 Å². The van der Waals surface area contributed by atoms with Gasteiger partial charge in [-0.1, -0.05) is 103 Å². The van der Waals surface area contributed by atoms with Crippen LogP contribution in [0.5, 0.6) is 0 Å². The minimum Gasteiger partial charge on any atom is -0.309 e. The average molecular weight is 896 g/mol. The second-order valence-corrected chi connectivity index (χ2v) is 19.0. The van der Waals surface area contributed by atoms with Crippen LogP contribution in [0.3, 0.4) is 0 Å². The second kappa shape index (κ2) is 13.9. The highest BCUT2D eigenvalue weighted by atomic mass is 32.2. The molecule has 0 radical (unpaired) electrons. The van der Waals surface area contributed by atoms with Gasteiger partial charge in [-0.05, 0) is 119 Å². The lowest BCUT2D eigenvalue weighted by Gasteiger charge is -2.39. The van der Waals surface area contributed by atoms with E-state index in [1.54, 1.807) is 11.8 Å². The van der Waals surface area contributed by atoms with Crippen molar-refractivity contribution in [1.82, 2.24) is 23.7 Å². The van der Waals surface area contributed by atoms with Crippen LogP contribution in [0.2, 0.25) is 0 Å². The highest BCUT2D eigenvalue weighted by Gasteiger charge is 2.52. The molecule has 0 saturated carbocycles. The van der Waals surface area contributed by atoms with E-state index in [-0.39, 0.29) is 0 Å². The van der Waals surface area contributed by atoms with Crippen LogP contribution in [0.15, 0.2) is 210 Å². The summed E-state index contributed by atoms with van der Waals surface area (Å²) in [5.41, 5.74) is 16.3. The van der Waals surface area contributed by atoms with Crippen LogP contribution in [0.25, 0.3) is 98.7 Å². The van der Waals surface area contributed by atoms with E-state index in [9.17, 15) is 5.26 Å². The average Bonchev–Trinajstić information content (AvgIpc) is 4.12. The molecule has 8 aromatic carbocycles. The van der Waals surface area contributed by atoms with Gasteiger partial charge in [0.2, 0.25) is 0 Å². The van der Waals surface area contributed by atoms with Gasteiger partial charge in [0.05, 0.1) is 80.0 Å². The third-order valence-electron chi connectivity index (χ3n) is 14.6. The molecule has 1 atom stereocenters. The minimum absolute atomic E-state index is 0.613. The summed E-state index contributed by atoms with van der Waals surface area (Å²) in [5.74, 6) is 0. The maximum Gasteiger partial charge on any atom is 0.188 e. The highest BCUT2D eigenvalue weighted by Crippen LogP contribution is 2.62. The molecule has 13 aromatic rings. The molecule has 8 heteroatoms. The first kappa shape index (κ1) is 38.0. The van der Waals surface area contributed by atoms with E-state index in [1.807, 2.05) is 36.7 Å². The largest absolute Gasteiger partial charge is 0.309 e. The number of hydrogen-bond donors (Lipinski definition) is 0. The zero-order valence-corrected chi connectivity index (χ0v) is 37.4. The molecule has 7 nitrogen and oxygen atoms in total. The molecule has 0 fully saturated rings. The second-order valence-electron chi connectivity index (χ2n) is 17.9. The monoisotopic (exact) mass is 895 g/mol. The Morgan fingerprint density at radius 2 is 1.00 bits per heavy atom. The topological polar surface area (TPSA) is 68.7 Å². The number of aromatic nitrogens is 5. The summed E-state index contributed by atoms with van der Waals surface area (Å²) in [7, 11) is 0. The van der Waals surface area contributed by atoms with E-state index in [0.717, 1.165) is 99.1 Å². The van der Waals surface area contributed by atoms with Crippen LogP contribution in [0.4, 0.5) is 5.69 Å². The Labute approximate surface area is 399 Å². The van der Waals surface area contributed by atoms with Crippen molar-refractivity contribution in [3.63, 3.8) is 0 Å². The fourth-order valence-electron chi connectivity index (χ4n) is 11.9. The smallest absolute Gasteiger partial charge is 0.188 e. The summed E-state index contributed by atoms with van der Waals surface area (Å²) in [6.45, 7) is 7.78. The van der Waals surface area contributed by atoms with Gasteiger partial charge in [-0.15, -0.1) is 0 Å². The predicted octanol–water partition coefficient (Wildman–Crippen LogP) is 15.0. The lowest BCUT2D eigenvalue weighted by Crippen LogP contribution is -2.32. The van der Waals surface area contributed by atoms with E-state index in [1.165, 1.54) is 26.8 Å². The molecule has 0 amide bonds. The number of nitriles is 1. The molecule has 5 aromatic heterocycles. The minimum atomic E-state index is -0.729. The van der Waals surface area contributed by atoms with Crippen molar-refractivity contribution < 1.29 is 0 Å². The normalized spacial score (nSPS) is 14.6. The fourth-order valence-corrected chi connectivity index (χ4v) is 13.1. The number of para-hydroxylation sites is 3. The van der Waals surface area contributed by atoms with Gasteiger partial charge in [0.1, 0.15) is 0 Å². The molecule has 0 N–H and O–H groups in total. The molecule has 15 rings (SSSR count). The number of rotatable bonds is 3. The fraction of sp³-hybridized carbons (Fsp3) is 0.0164. The Bertz CT molecular complexity index is 4470. The molecular formula is C61H33N7S. The first-order valence-electron chi connectivity index (χ1n) is 22.9. The Morgan fingerprint density at radius 1 is 0.449 bits per heavy atom. The highest BCUT2D eigenvalue weighted by molar-refractivity contribution is 7.99. The number of hydrogen-bond acceptors (Lipinski definition) is 4. The number of pyridine rings is 2. The lowest BCUT2D eigenvalue weighted by atomic mass is 9.67. The van der Waals surface area contributed by atoms with Gasteiger partial charge >= 0.3 is 0 Å². The lowest BCUT2D eigenvalue weighted by molar-refractivity contribution is 0.718. The predicted molar refractivity (Wildman–Crippen MR) is 277 cm³/mol. The third kappa shape index (κ3) is 5.00. The van der Waals surface area contributed by atoms with Crippen LogP contribution < -0.4 is 0 Å². The van der Waals surface area contributed by atoms with Crippen LogP contribution in [-0.4, -0.2) is 23.7 Å². The molecule has 1 aliphatic carbocycles. The van der Waals surface area contributed by atoms with Gasteiger partial charge in [0.15, 0.2) is 5.69 Å². The van der Waals surface area contributed by atoms with Crippen LogP contribution >= 0.6 is 11.8 Å². The van der Waals surface area contributed by atoms with E-state index >= 15 is 0 Å². The van der Waals surface area contributed by atoms with Crippen molar-refractivity contribution in [3.05, 3.63) is 240 Å². The standard InChI is InChI=1S/C61H33N7S/c1-63-37-21-26-55-45(30-37)43-13-4-8-18-53(43)68(55)40-32-50-60(65-35-40)59-49(15-10-28-64-59)61(50)47-14-5-9-19-57(47)69-58-33-39(22-24-48(58)61)67-54-25-20-36(34-62)29-44(54)46-31-38(23-27-56(46)67)66-51-16-6-2-11-41(51)42-12-3-7-17-52(42)66/h2-33,35H. The molecule has 1 aliphatic heterocycles. The SMILES string of the molecule is [C-]#[N+]c1ccc2c(c1)c1ccccc1n2-c1cnc2c(c1)C1(c3ccccc3Sc3cc(-n4c5ccc(C#N)cc5c5cc(-n6c7ccccc7c7ccccc76)ccc54)ccc31)c1cccnc1-2. The van der Waals surface area contributed by atoms with Crippen molar-refractivity contribution in [2.75, 3.05) is 0 Å². The van der Waals surface area contributed by atoms with E-state index in [0.29, 0.717) is 11.3 Å².